The van der Waals surface area contributed by atoms with Crippen molar-refractivity contribution in [1.29, 1.82) is 0 Å². The molecule has 0 amide bonds. The molecular formula is C19H19ClN2S. The topological polar surface area (TPSA) is 24.7 Å². The van der Waals surface area contributed by atoms with Gasteiger partial charge in [0, 0.05) is 21.9 Å². The molecule has 118 valence electrons. The third-order valence-corrected chi connectivity index (χ3v) is 4.72. The first-order valence-corrected chi connectivity index (χ1v) is 8.55. The number of aliphatic imine (C=N–C) groups is 2. The van der Waals surface area contributed by atoms with Gasteiger partial charge in [-0.1, -0.05) is 54.7 Å². The quantitative estimate of drug-likeness (QED) is 0.621. The van der Waals surface area contributed by atoms with Crippen LogP contribution in [0.1, 0.15) is 19.4 Å². The summed E-state index contributed by atoms with van der Waals surface area (Å²) in [4.78, 5) is 10.1. The molecule has 2 rings (SSSR count). The van der Waals surface area contributed by atoms with Crippen molar-refractivity contribution in [2.24, 2.45) is 9.98 Å². The molecule has 1 aromatic rings. The highest BCUT2D eigenvalue weighted by atomic mass is 35.5. The van der Waals surface area contributed by atoms with Gasteiger partial charge >= 0.3 is 0 Å². The second-order valence-corrected chi connectivity index (χ2v) is 6.48. The Morgan fingerprint density at radius 3 is 2.61 bits per heavy atom. The molecule has 0 N–H and O–H groups in total. The van der Waals surface area contributed by atoms with Crippen LogP contribution in [0.3, 0.4) is 0 Å². The molecule has 0 saturated heterocycles. The maximum atomic E-state index is 5.93. The van der Waals surface area contributed by atoms with Crippen LogP contribution in [-0.4, -0.2) is 17.8 Å². The van der Waals surface area contributed by atoms with Gasteiger partial charge in [0.15, 0.2) is 0 Å². The number of thioether (sulfide) groups is 1. The lowest BCUT2D eigenvalue weighted by Crippen LogP contribution is -1.97. The molecule has 0 bridgehead atoms. The maximum Gasteiger partial charge on any atom is 0.0890 e. The Labute approximate surface area is 147 Å². The average Bonchev–Trinajstić information content (AvgIpc) is 2.60. The summed E-state index contributed by atoms with van der Waals surface area (Å²) < 4.78 is 0. The molecule has 1 heterocycles. The average molecular weight is 343 g/mol. The summed E-state index contributed by atoms with van der Waals surface area (Å²) in [6, 6.07) is 7.67. The summed E-state index contributed by atoms with van der Waals surface area (Å²) in [7, 11) is 0. The van der Waals surface area contributed by atoms with Gasteiger partial charge in [-0.25, -0.2) is 0 Å². The number of halogens is 1. The number of nitrogens with zero attached hydrogens (tertiary/aromatic N) is 2. The standard InChI is InChI=1S/C19H19ClN2S/c1-13-6-5-11-21-12-23-19(14(13)2)16(4)22-15(3)17-7-9-18(20)10-8-17/h5-11H,1-2,12H2,3-4H3/b6-5-,19-16+,21-11-,22-15?. The number of allylic oxidation sites excluding steroid dienone is 5. The van der Waals surface area contributed by atoms with Crippen LogP contribution in [0.25, 0.3) is 0 Å². The zero-order chi connectivity index (χ0) is 16.8. The molecule has 0 radical (unpaired) electrons. The molecule has 0 aromatic heterocycles. The van der Waals surface area contributed by atoms with E-state index in [2.05, 4.69) is 18.2 Å². The van der Waals surface area contributed by atoms with Crippen LogP contribution < -0.4 is 0 Å². The first-order chi connectivity index (χ1) is 11.0. The van der Waals surface area contributed by atoms with E-state index in [0.29, 0.717) is 5.88 Å². The van der Waals surface area contributed by atoms with Crippen LogP contribution in [0, 0.1) is 0 Å². The Hall–Kier alpha value is -1.84. The Morgan fingerprint density at radius 2 is 1.91 bits per heavy atom. The van der Waals surface area contributed by atoms with Gasteiger partial charge in [-0.2, -0.15) is 0 Å². The minimum atomic E-state index is 0.638. The predicted molar refractivity (Wildman–Crippen MR) is 105 cm³/mol. The summed E-state index contributed by atoms with van der Waals surface area (Å²) in [5, 5.41) is 0.720. The lowest BCUT2D eigenvalue weighted by molar-refractivity contribution is 1.26. The zero-order valence-electron chi connectivity index (χ0n) is 13.3. The van der Waals surface area contributed by atoms with Crippen molar-refractivity contribution >= 4 is 35.3 Å². The van der Waals surface area contributed by atoms with E-state index in [1.165, 1.54) is 0 Å². The van der Waals surface area contributed by atoms with Crippen molar-refractivity contribution in [3.05, 3.63) is 81.9 Å². The van der Waals surface area contributed by atoms with Gasteiger partial charge in [-0.3, -0.25) is 9.98 Å². The van der Waals surface area contributed by atoms with Crippen molar-refractivity contribution in [2.45, 2.75) is 13.8 Å². The van der Waals surface area contributed by atoms with Gasteiger partial charge in [0.1, 0.15) is 0 Å². The van der Waals surface area contributed by atoms with Crippen LogP contribution in [0.5, 0.6) is 0 Å². The molecule has 1 aromatic carbocycles. The van der Waals surface area contributed by atoms with Gasteiger partial charge in [-0.05, 0) is 48.8 Å². The maximum absolute atomic E-state index is 5.93. The van der Waals surface area contributed by atoms with Crippen LogP contribution in [0.15, 0.2) is 81.3 Å². The molecule has 0 atom stereocenters. The minimum Gasteiger partial charge on any atom is -0.282 e. The van der Waals surface area contributed by atoms with E-state index >= 15 is 0 Å². The first kappa shape index (κ1) is 17.5. The summed E-state index contributed by atoms with van der Waals surface area (Å²) in [5.74, 6) is 0.638. The van der Waals surface area contributed by atoms with Crippen LogP contribution in [0.2, 0.25) is 5.02 Å². The van der Waals surface area contributed by atoms with E-state index in [1.807, 2.05) is 50.3 Å². The largest absolute Gasteiger partial charge is 0.282 e. The van der Waals surface area contributed by atoms with Gasteiger partial charge in [0.05, 0.1) is 11.6 Å². The normalized spacial score (nSPS) is 21.3. The number of rotatable bonds is 2. The van der Waals surface area contributed by atoms with E-state index in [0.717, 1.165) is 38.0 Å². The molecule has 0 fully saturated rings. The van der Waals surface area contributed by atoms with Gasteiger partial charge in [0.25, 0.3) is 0 Å². The molecule has 1 aliphatic heterocycles. The lowest BCUT2D eigenvalue weighted by Gasteiger charge is -2.12. The highest BCUT2D eigenvalue weighted by Gasteiger charge is 2.11. The smallest absolute Gasteiger partial charge is 0.0890 e. The molecule has 2 nitrogen and oxygen atoms in total. The molecule has 0 saturated carbocycles. The monoisotopic (exact) mass is 342 g/mol. The minimum absolute atomic E-state index is 0.638. The Kier molecular flexibility index (Phi) is 6.20. The van der Waals surface area contributed by atoms with Crippen molar-refractivity contribution in [2.75, 3.05) is 5.88 Å². The molecule has 23 heavy (non-hydrogen) atoms. The van der Waals surface area contributed by atoms with Crippen molar-refractivity contribution in [1.82, 2.24) is 0 Å². The first-order valence-electron chi connectivity index (χ1n) is 7.19. The van der Waals surface area contributed by atoms with Crippen molar-refractivity contribution in [3.63, 3.8) is 0 Å². The SMILES string of the molecule is C=C1/C=C\C=N/CS/C(=C(\C)N=C(C)c2ccc(Cl)cc2)C1=C. The van der Waals surface area contributed by atoms with E-state index in [9.17, 15) is 0 Å². The summed E-state index contributed by atoms with van der Waals surface area (Å²) in [5.41, 5.74) is 4.66. The fraction of sp³-hybridized carbons (Fsp3) is 0.158. The van der Waals surface area contributed by atoms with Crippen LogP contribution >= 0.6 is 23.4 Å². The summed E-state index contributed by atoms with van der Waals surface area (Å²) >= 11 is 7.56. The molecule has 0 spiro atoms. The second kappa shape index (κ2) is 8.14. The third kappa shape index (κ3) is 4.81. The Bertz CT molecular complexity index is 737. The zero-order valence-corrected chi connectivity index (χ0v) is 14.9. The lowest BCUT2D eigenvalue weighted by atomic mass is 10.1. The second-order valence-electron chi connectivity index (χ2n) is 5.09. The fourth-order valence-corrected chi connectivity index (χ4v) is 3.05. The van der Waals surface area contributed by atoms with E-state index < -0.39 is 0 Å². The van der Waals surface area contributed by atoms with Gasteiger partial charge in [0.2, 0.25) is 0 Å². The number of benzene rings is 1. The van der Waals surface area contributed by atoms with E-state index in [4.69, 9.17) is 16.6 Å². The molecule has 0 unspecified atom stereocenters. The van der Waals surface area contributed by atoms with Crippen molar-refractivity contribution in [3.8, 4) is 0 Å². The number of hydrogen-bond donors (Lipinski definition) is 0. The Balaban J connectivity index is 2.37. The summed E-state index contributed by atoms with van der Waals surface area (Å²) in [6.45, 7) is 12.2. The Morgan fingerprint density at radius 1 is 1.22 bits per heavy atom. The van der Waals surface area contributed by atoms with Gasteiger partial charge in [-0.15, -0.1) is 0 Å². The van der Waals surface area contributed by atoms with Crippen molar-refractivity contribution < 1.29 is 0 Å². The van der Waals surface area contributed by atoms with Crippen LogP contribution in [-0.2, 0) is 0 Å². The molecular weight excluding hydrogens is 324 g/mol. The fourth-order valence-electron chi connectivity index (χ4n) is 2.08. The summed E-state index contributed by atoms with van der Waals surface area (Å²) in [6.07, 6.45) is 5.58. The highest BCUT2D eigenvalue weighted by molar-refractivity contribution is 8.03. The third-order valence-electron chi connectivity index (χ3n) is 3.36. The highest BCUT2D eigenvalue weighted by Crippen LogP contribution is 2.32. The van der Waals surface area contributed by atoms with Gasteiger partial charge < -0.3 is 0 Å². The molecule has 0 aliphatic carbocycles. The predicted octanol–water partition coefficient (Wildman–Crippen LogP) is 5.82. The molecule has 1 aliphatic rings. The van der Waals surface area contributed by atoms with Crippen LogP contribution in [0.4, 0.5) is 0 Å². The van der Waals surface area contributed by atoms with E-state index in [1.54, 1.807) is 18.0 Å². The van der Waals surface area contributed by atoms with E-state index in [-0.39, 0.29) is 0 Å². The molecule has 4 heteroatoms. The number of hydrogen-bond acceptors (Lipinski definition) is 3.